The molecule has 0 atom stereocenters. The highest BCUT2D eigenvalue weighted by Gasteiger charge is 2.42. The van der Waals surface area contributed by atoms with Crippen LogP contribution in [0.1, 0.15) is 192 Å². The maximum absolute atomic E-state index is 11.7. The highest BCUT2D eigenvalue weighted by molar-refractivity contribution is 5.96. The van der Waals surface area contributed by atoms with E-state index < -0.39 is 30.3 Å². The van der Waals surface area contributed by atoms with Gasteiger partial charge in [0.1, 0.15) is 18.1 Å². The summed E-state index contributed by atoms with van der Waals surface area (Å²) in [5.41, 5.74) is 15.4. The second-order valence-electron chi connectivity index (χ2n) is 23.9. The summed E-state index contributed by atoms with van der Waals surface area (Å²) < 4.78 is 27.0. The quantitative estimate of drug-likeness (QED) is 0.0171. The minimum Gasteiger partial charge on any atom is -0.494 e. The SMILES string of the molecule is CCCCCCCCC1(CCCCCCCC)c2cc(-c3ccc(-c4ccc(OCCCCCCCCOC(=O)/C=C/C(=O)CO)cc4)cc3)ccc2-c2ccc(-c3ccc(-c4ccc(OCCCCCCCCOC(=O)/C=C/C(=O)OC)cc4)cc3)cc21. The maximum atomic E-state index is 11.7. The zero-order chi connectivity index (χ0) is 62.7. The zero-order valence-corrected chi connectivity index (χ0v) is 53.6. The molecule has 0 amide bonds. The van der Waals surface area contributed by atoms with Crippen LogP contribution in [0.5, 0.6) is 11.5 Å². The summed E-state index contributed by atoms with van der Waals surface area (Å²) in [6, 6.07) is 49.8. The van der Waals surface area contributed by atoms with E-state index in [4.69, 9.17) is 24.1 Å². The Hall–Kier alpha value is -7.56. The number of aliphatic hydroxyl groups excluding tert-OH is 1. The van der Waals surface area contributed by atoms with E-state index >= 15 is 0 Å². The van der Waals surface area contributed by atoms with E-state index in [1.807, 2.05) is 0 Å². The van der Waals surface area contributed by atoms with Crippen LogP contribution in [0, 0.1) is 0 Å². The fourth-order valence-electron chi connectivity index (χ4n) is 12.2. The molecule has 0 heterocycles. The largest absolute Gasteiger partial charge is 0.494 e. The van der Waals surface area contributed by atoms with Crippen LogP contribution in [0.25, 0.3) is 55.6 Å². The first-order valence-corrected chi connectivity index (χ1v) is 33.5. The third-order valence-corrected chi connectivity index (χ3v) is 17.3. The number of rotatable bonds is 43. The van der Waals surface area contributed by atoms with Gasteiger partial charge < -0.3 is 28.8 Å². The highest BCUT2D eigenvalue weighted by Crippen LogP contribution is 2.56. The van der Waals surface area contributed by atoms with Gasteiger partial charge >= 0.3 is 17.9 Å². The Labute approximate surface area is 531 Å². The van der Waals surface area contributed by atoms with E-state index in [1.54, 1.807) is 0 Å². The van der Waals surface area contributed by atoms with Gasteiger partial charge in [-0.1, -0.05) is 239 Å². The Kier molecular flexibility index (Phi) is 30.0. The molecule has 0 saturated carbocycles. The molecule has 6 aromatic carbocycles. The lowest BCUT2D eigenvalue weighted by atomic mass is 9.70. The van der Waals surface area contributed by atoms with Crippen molar-refractivity contribution >= 4 is 23.7 Å². The number of fused-ring (bicyclic) bond motifs is 3. The Bertz CT molecular complexity index is 2920. The van der Waals surface area contributed by atoms with Crippen molar-refractivity contribution in [1.82, 2.24) is 0 Å². The molecule has 0 aromatic heterocycles. The minimum atomic E-state index is -0.619. The van der Waals surface area contributed by atoms with Crippen LogP contribution < -0.4 is 9.47 Å². The topological polar surface area (TPSA) is 135 Å². The minimum absolute atomic E-state index is 0.0711. The van der Waals surface area contributed by atoms with E-state index in [0.29, 0.717) is 26.4 Å². The van der Waals surface area contributed by atoms with Gasteiger partial charge in [-0.2, -0.15) is 0 Å². The smallest absolute Gasteiger partial charge is 0.331 e. The summed E-state index contributed by atoms with van der Waals surface area (Å²) in [6.45, 7) is 5.99. The molecule has 10 nitrogen and oxygen atoms in total. The van der Waals surface area contributed by atoms with E-state index in [9.17, 15) is 19.2 Å². The van der Waals surface area contributed by atoms with Crippen molar-refractivity contribution in [3.63, 3.8) is 0 Å². The van der Waals surface area contributed by atoms with Gasteiger partial charge in [0, 0.05) is 23.6 Å². The van der Waals surface area contributed by atoms with Crippen molar-refractivity contribution < 1.29 is 48.0 Å². The van der Waals surface area contributed by atoms with Gasteiger partial charge in [-0.25, -0.2) is 14.4 Å². The van der Waals surface area contributed by atoms with Crippen molar-refractivity contribution in [3.05, 3.63) is 169 Å². The Morgan fingerprint density at radius 1 is 0.360 bits per heavy atom. The lowest BCUT2D eigenvalue weighted by Gasteiger charge is -2.33. The number of ether oxygens (including phenoxy) is 5. The number of unbranched alkanes of at least 4 members (excludes halogenated alkanes) is 20. The first-order chi connectivity index (χ1) is 43.6. The lowest BCUT2D eigenvalue weighted by Crippen LogP contribution is -2.25. The van der Waals surface area contributed by atoms with Crippen molar-refractivity contribution in [3.8, 4) is 67.1 Å². The summed E-state index contributed by atoms with van der Waals surface area (Å²) in [7, 11) is 1.27. The first-order valence-electron chi connectivity index (χ1n) is 33.5. The third-order valence-electron chi connectivity index (χ3n) is 17.3. The van der Waals surface area contributed by atoms with Crippen molar-refractivity contribution in [2.24, 2.45) is 0 Å². The van der Waals surface area contributed by atoms with Crippen molar-refractivity contribution in [2.75, 3.05) is 40.1 Å². The predicted molar refractivity (Wildman–Crippen MR) is 361 cm³/mol. The van der Waals surface area contributed by atoms with Crippen LogP contribution in [0.4, 0.5) is 0 Å². The number of aliphatic hydroxyl groups is 1. The van der Waals surface area contributed by atoms with E-state index in [0.717, 1.165) is 137 Å². The normalized spacial score (nSPS) is 12.3. The van der Waals surface area contributed by atoms with Gasteiger partial charge in [0.05, 0.1) is 33.5 Å². The molecule has 1 aliphatic rings. The van der Waals surface area contributed by atoms with Gasteiger partial charge in [0.25, 0.3) is 0 Å². The third kappa shape index (κ3) is 22.5. The number of hydrogen-bond acceptors (Lipinski definition) is 10. The molecule has 474 valence electrons. The molecule has 6 aromatic rings. The average Bonchev–Trinajstić information content (AvgIpc) is 1.63. The van der Waals surface area contributed by atoms with Crippen LogP contribution in [0.2, 0.25) is 0 Å². The predicted octanol–water partition coefficient (Wildman–Crippen LogP) is 19.5. The van der Waals surface area contributed by atoms with E-state index in [-0.39, 0.29) is 5.41 Å². The summed E-state index contributed by atoms with van der Waals surface area (Å²) in [5, 5.41) is 8.75. The standard InChI is InChI=1S/C79H98O10/c1-4-6-8-10-16-22-52-79(53-23-17-11-9-7-5-2)74-58-67(65-32-28-61(29-33-65)63-36-43-70(44-37-63)86-54-24-18-12-14-20-26-56-88-77(83)49-42-69(81)60-80)40-47-72(74)73-48-41-68(59-75(73)79)66-34-30-62(31-35-66)64-38-45-71(46-39-64)87-55-25-19-13-15-21-27-57-89-78(84)51-50-76(82)85-3/h28-51,58-59,80H,4-27,52-57,60H2,1-3H3/b49-42+,51-50+. The lowest BCUT2D eigenvalue weighted by molar-refractivity contribution is -0.139. The molecule has 89 heavy (non-hydrogen) atoms. The fraction of sp³-hybridized carbons (Fsp3) is 0.443. The molecule has 1 aliphatic carbocycles. The van der Waals surface area contributed by atoms with Crippen molar-refractivity contribution in [2.45, 2.75) is 186 Å². The van der Waals surface area contributed by atoms with E-state index in [2.05, 4.69) is 152 Å². The number of hydrogen-bond donors (Lipinski definition) is 1. The van der Waals surface area contributed by atoms with Gasteiger partial charge in [0.2, 0.25) is 0 Å². The molecule has 0 aliphatic heterocycles. The van der Waals surface area contributed by atoms with Crippen LogP contribution in [0.3, 0.4) is 0 Å². The van der Waals surface area contributed by atoms with Crippen molar-refractivity contribution in [1.29, 1.82) is 0 Å². The number of ketones is 1. The molecule has 7 rings (SSSR count). The summed E-state index contributed by atoms with van der Waals surface area (Å²) >= 11 is 0. The molecule has 10 heteroatoms. The molecule has 0 radical (unpaired) electrons. The summed E-state index contributed by atoms with van der Waals surface area (Å²) in [5.74, 6) is -0.434. The van der Waals surface area contributed by atoms with Gasteiger partial charge in [0.15, 0.2) is 5.78 Å². The first kappa shape index (κ1) is 68.9. The second kappa shape index (κ2) is 38.8. The average molecular weight is 1210 g/mol. The van der Waals surface area contributed by atoms with Crippen LogP contribution in [-0.4, -0.2) is 68.9 Å². The van der Waals surface area contributed by atoms with E-state index in [1.165, 1.54) is 140 Å². The number of benzene rings is 6. The molecule has 0 bridgehead atoms. The highest BCUT2D eigenvalue weighted by atomic mass is 16.5. The fourth-order valence-corrected chi connectivity index (χ4v) is 12.2. The van der Waals surface area contributed by atoms with Gasteiger partial charge in [-0.15, -0.1) is 0 Å². The van der Waals surface area contributed by atoms with Gasteiger partial charge in [-0.3, -0.25) is 4.79 Å². The molecule has 0 saturated heterocycles. The number of carbonyl (C=O) groups is 4. The van der Waals surface area contributed by atoms with Crippen LogP contribution in [0.15, 0.2) is 158 Å². The van der Waals surface area contributed by atoms with Gasteiger partial charge in [-0.05, 0) is 148 Å². The number of carbonyl (C=O) groups excluding carboxylic acids is 4. The molecular formula is C79H98O10. The Balaban J connectivity index is 0.963. The molecule has 0 unspecified atom stereocenters. The molecule has 1 N–H and O–H groups in total. The number of methoxy groups -OCH3 is 1. The second-order valence-corrected chi connectivity index (χ2v) is 23.9. The Morgan fingerprint density at radius 2 is 0.663 bits per heavy atom. The zero-order valence-electron chi connectivity index (χ0n) is 53.6. The monoisotopic (exact) mass is 1210 g/mol. The molecule has 0 fully saturated rings. The maximum Gasteiger partial charge on any atom is 0.331 e. The number of esters is 3. The van der Waals surface area contributed by atoms with Crippen LogP contribution >= 0.6 is 0 Å². The summed E-state index contributed by atoms with van der Waals surface area (Å²) in [4.78, 5) is 45.6. The summed E-state index contributed by atoms with van der Waals surface area (Å²) in [6.07, 6.45) is 33.8. The Morgan fingerprint density at radius 3 is 1.03 bits per heavy atom. The molecule has 0 spiro atoms. The molecular weight excluding hydrogens is 1110 g/mol. The van der Waals surface area contributed by atoms with Crippen LogP contribution in [-0.2, 0) is 38.8 Å².